The van der Waals surface area contributed by atoms with Crippen LogP contribution in [0, 0.1) is 6.92 Å². The van der Waals surface area contributed by atoms with Gasteiger partial charge in [0.25, 0.3) is 5.56 Å². The predicted molar refractivity (Wildman–Crippen MR) is 139 cm³/mol. The number of anilines is 1. The zero-order chi connectivity index (χ0) is 23.5. The highest BCUT2D eigenvalue weighted by Gasteiger charge is 2.10. The summed E-state index contributed by atoms with van der Waals surface area (Å²) >= 11 is 6.21. The minimum absolute atomic E-state index is 0.0218. The zero-order valence-corrected chi connectivity index (χ0v) is 19.6. The maximum absolute atomic E-state index is 12.3. The first-order chi connectivity index (χ1) is 16.5. The quantitative estimate of drug-likeness (QED) is 0.311. The summed E-state index contributed by atoms with van der Waals surface area (Å²) in [6.07, 6.45) is 2.65. The van der Waals surface area contributed by atoms with Gasteiger partial charge in [-0.1, -0.05) is 59.6 Å². The van der Waals surface area contributed by atoms with Crippen molar-refractivity contribution in [3.05, 3.63) is 128 Å². The van der Waals surface area contributed by atoms with Gasteiger partial charge in [0.1, 0.15) is 0 Å². The van der Waals surface area contributed by atoms with Crippen molar-refractivity contribution in [2.45, 2.75) is 26.4 Å². The molecule has 0 spiro atoms. The average molecular weight is 469 g/mol. The minimum Gasteiger partial charge on any atom is -0.379 e. The molecule has 0 aliphatic heterocycles. The number of aryl methyl sites for hydroxylation is 1. The van der Waals surface area contributed by atoms with Gasteiger partial charge < -0.3 is 9.88 Å². The molecule has 0 radical (unpaired) electrons. The average Bonchev–Trinajstić information content (AvgIpc) is 3.22. The number of fused-ring (bicyclic) bond motifs is 1. The number of aromatic amines is 1. The van der Waals surface area contributed by atoms with Gasteiger partial charge in [0, 0.05) is 28.4 Å². The standard InChI is InChI=1S/C28H25ClN4O/c1-19-5-4-6-20(13-19)14-21-8-9-22(18-33-12-3-2-7-28(33)34)26(15-21)30-17-27-24-16-23(29)10-11-25(24)31-32-27/h2-13,15-16,30H,14,17-18H2,1H3,(H,31,32). The molecule has 2 heterocycles. The Bertz CT molecular complexity index is 1520. The molecule has 0 saturated heterocycles. The van der Waals surface area contributed by atoms with Crippen LogP contribution in [0.4, 0.5) is 5.69 Å². The van der Waals surface area contributed by atoms with Gasteiger partial charge in [-0.2, -0.15) is 5.10 Å². The van der Waals surface area contributed by atoms with Gasteiger partial charge in [-0.15, -0.1) is 0 Å². The summed E-state index contributed by atoms with van der Waals surface area (Å²) in [5.41, 5.74) is 7.58. The molecular formula is C28H25ClN4O. The van der Waals surface area contributed by atoms with Gasteiger partial charge in [-0.3, -0.25) is 9.89 Å². The van der Waals surface area contributed by atoms with Gasteiger partial charge in [-0.05, 0) is 60.4 Å². The maximum atomic E-state index is 12.3. The lowest BCUT2D eigenvalue weighted by atomic mass is 10.0. The van der Waals surface area contributed by atoms with E-state index in [1.54, 1.807) is 16.7 Å². The van der Waals surface area contributed by atoms with E-state index < -0.39 is 0 Å². The van der Waals surface area contributed by atoms with E-state index in [4.69, 9.17) is 11.6 Å². The lowest BCUT2D eigenvalue weighted by Gasteiger charge is -2.15. The predicted octanol–water partition coefficient (Wildman–Crippen LogP) is 5.94. The number of halogens is 1. The Morgan fingerprint density at radius 3 is 2.71 bits per heavy atom. The van der Waals surface area contributed by atoms with Crippen LogP contribution in [0.15, 0.2) is 89.9 Å². The van der Waals surface area contributed by atoms with Crippen LogP contribution in [0.1, 0.15) is 27.9 Å². The number of hydrogen-bond donors (Lipinski definition) is 2. The summed E-state index contributed by atoms with van der Waals surface area (Å²) in [5.74, 6) is 0. The van der Waals surface area contributed by atoms with Crippen molar-refractivity contribution < 1.29 is 0 Å². The highest BCUT2D eigenvalue weighted by Crippen LogP contribution is 2.25. The fourth-order valence-corrected chi connectivity index (χ4v) is 4.39. The Balaban J connectivity index is 1.46. The van der Waals surface area contributed by atoms with Crippen LogP contribution >= 0.6 is 11.6 Å². The van der Waals surface area contributed by atoms with Crippen LogP contribution in [0.2, 0.25) is 5.02 Å². The molecule has 170 valence electrons. The fraction of sp³-hybridized carbons (Fsp3) is 0.143. The van der Waals surface area contributed by atoms with Crippen LogP contribution in [0.5, 0.6) is 0 Å². The number of nitrogens with zero attached hydrogens (tertiary/aromatic N) is 2. The molecule has 0 saturated carbocycles. The van der Waals surface area contributed by atoms with E-state index in [0.717, 1.165) is 34.3 Å². The van der Waals surface area contributed by atoms with E-state index in [-0.39, 0.29) is 5.56 Å². The first kappa shape index (κ1) is 22.0. The molecule has 2 N–H and O–H groups in total. The van der Waals surface area contributed by atoms with Crippen LogP contribution < -0.4 is 10.9 Å². The molecule has 0 atom stereocenters. The number of hydrogen-bond acceptors (Lipinski definition) is 3. The molecule has 3 aromatic carbocycles. The summed E-state index contributed by atoms with van der Waals surface area (Å²) in [4.78, 5) is 12.3. The summed E-state index contributed by atoms with van der Waals surface area (Å²) in [6, 6.07) is 25.9. The Morgan fingerprint density at radius 1 is 0.971 bits per heavy atom. The van der Waals surface area contributed by atoms with E-state index in [2.05, 4.69) is 64.9 Å². The van der Waals surface area contributed by atoms with E-state index >= 15 is 0 Å². The van der Waals surface area contributed by atoms with Gasteiger partial charge in [0.2, 0.25) is 0 Å². The molecule has 34 heavy (non-hydrogen) atoms. The minimum atomic E-state index is -0.0218. The first-order valence-electron chi connectivity index (χ1n) is 11.2. The third kappa shape index (κ3) is 4.90. The summed E-state index contributed by atoms with van der Waals surface area (Å²) in [7, 11) is 0. The molecular weight excluding hydrogens is 444 g/mol. The second-order valence-electron chi connectivity index (χ2n) is 8.54. The van der Waals surface area contributed by atoms with Gasteiger partial charge in [0.15, 0.2) is 0 Å². The highest BCUT2D eigenvalue weighted by atomic mass is 35.5. The van der Waals surface area contributed by atoms with Gasteiger partial charge >= 0.3 is 0 Å². The third-order valence-corrected chi connectivity index (χ3v) is 6.19. The molecule has 0 fully saturated rings. The van der Waals surface area contributed by atoms with E-state index in [1.807, 2.05) is 30.5 Å². The van der Waals surface area contributed by atoms with Crippen LogP contribution in [0.25, 0.3) is 10.9 Å². The molecule has 5 nitrogen and oxygen atoms in total. The summed E-state index contributed by atoms with van der Waals surface area (Å²) in [5, 5.41) is 12.8. The highest BCUT2D eigenvalue weighted by molar-refractivity contribution is 6.31. The van der Waals surface area contributed by atoms with Crippen molar-refractivity contribution in [2.24, 2.45) is 0 Å². The number of rotatable bonds is 7. The summed E-state index contributed by atoms with van der Waals surface area (Å²) < 4.78 is 1.71. The number of nitrogens with one attached hydrogen (secondary N) is 2. The molecule has 0 amide bonds. The molecule has 5 aromatic rings. The van der Waals surface area contributed by atoms with Crippen molar-refractivity contribution in [3.63, 3.8) is 0 Å². The van der Waals surface area contributed by atoms with Crippen molar-refractivity contribution >= 4 is 28.2 Å². The maximum Gasteiger partial charge on any atom is 0.250 e. The van der Waals surface area contributed by atoms with Gasteiger partial charge in [0.05, 0.1) is 24.3 Å². The normalized spacial score (nSPS) is 11.1. The Kier molecular flexibility index (Phi) is 6.19. The molecule has 0 aliphatic rings. The van der Waals surface area contributed by atoms with E-state index in [1.165, 1.54) is 16.7 Å². The molecule has 0 unspecified atom stereocenters. The second-order valence-corrected chi connectivity index (χ2v) is 8.98. The lowest BCUT2D eigenvalue weighted by molar-refractivity contribution is 0.759. The molecule has 5 rings (SSSR count). The molecule has 2 aromatic heterocycles. The Hall–Kier alpha value is -3.83. The first-order valence-corrected chi connectivity index (χ1v) is 11.6. The fourth-order valence-electron chi connectivity index (χ4n) is 4.22. The topological polar surface area (TPSA) is 62.7 Å². The zero-order valence-electron chi connectivity index (χ0n) is 18.9. The van der Waals surface area contributed by atoms with Crippen LogP contribution in [0.3, 0.4) is 0 Å². The summed E-state index contributed by atoms with van der Waals surface area (Å²) in [6.45, 7) is 3.15. The van der Waals surface area contributed by atoms with Crippen LogP contribution in [-0.2, 0) is 19.5 Å². The molecule has 6 heteroatoms. The third-order valence-electron chi connectivity index (χ3n) is 5.96. The van der Waals surface area contributed by atoms with E-state index in [0.29, 0.717) is 18.1 Å². The van der Waals surface area contributed by atoms with Crippen LogP contribution in [-0.4, -0.2) is 14.8 Å². The van der Waals surface area contributed by atoms with Crippen molar-refractivity contribution in [1.29, 1.82) is 0 Å². The smallest absolute Gasteiger partial charge is 0.250 e. The largest absolute Gasteiger partial charge is 0.379 e. The SMILES string of the molecule is Cc1cccc(Cc2ccc(Cn3ccccc3=O)c(NCc3[nH]nc4ccc(Cl)cc34)c2)c1. The number of aromatic nitrogens is 3. The van der Waals surface area contributed by atoms with Gasteiger partial charge in [-0.25, -0.2) is 0 Å². The second kappa shape index (κ2) is 9.57. The van der Waals surface area contributed by atoms with E-state index in [9.17, 15) is 4.79 Å². The number of H-pyrrole nitrogens is 1. The monoisotopic (exact) mass is 468 g/mol. The molecule has 0 bridgehead atoms. The van der Waals surface area contributed by atoms with Crippen molar-refractivity contribution in [1.82, 2.24) is 14.8 Å². The molecule has 0 aliphatic carbocycles. The van der Waals surface area contributed by atoms with Crippen molar-refractivity contribution in [3.8, 4) is 0 Å². The Morgan fingerprint density at radius 2 is 1.85 bits per heavy atom. The lowest BCUT2D eigenvalue weighted by Crippen LogP contribution is -2.19. The number of pyridine rings is 1. The Labute approximate surface area is 203 Å². The number of benzene rings is 3. The van der Waals surface area contributed by atoms with Crippen molar-refractivity contribution in [2.75, 3.05) is 5.32 Å².